The fourth-order valence-corrected chi connectivity index (χ4v) is 10.0. The maximum atomic E-state index is 12.4. The first kappa shape index (κ1) is 30.2. The number of sulfonamides is 1. The Morgan fingerprint density at radius 1 is 1.09 bits per heavy atom. The van der Waals surface area contributed by atoms with E-state index in [0.29, 0.717) is 37.2 Å². The number of hydrogen-bond donors (Lipinski definition) is 4. The quantitative estimate of drug-likeness (QED) is 0.288. The van der Waals surface area contributed by atoms with Crippen molar-refractivity contribution in [2.75, 3.05) is 11.9 Å². The van der Waals surface area contributed by atoms with Crippen LogP contribution in [0.3, 0.4) is 0 Å². The van der Waals surface area contributed by atoms with Gasteiger partial charge in [-0.15, -0.1) is 0 Å². The molecule has 5 atom stereocenters. The maximum absolute atomic E-state index is 12.4. The molecule has 232 valence electrons. The number of fused-ring (bicyclic) bond motifs is 3. The van der Waals surface area contributed by atoms with E-state index in [4.69, 9.17) is 9.88 Å². The second-order valence-corrected chi connectivity index (χ2v) is 15.5. The van der Waals surface area contributed by atoms with Crippen LogP contribution in [0.2, 0.25) is 0 Å². The molecule has 6 rings (SSSR count). The molecular weight excluding hydrogens is 564 g/mol. The largest absolute Gasteiger partial charge is 0.485 e. The van der Waals surface area contributed by atoms with Crippen molar-refractivity contribution in [3.8, 4) is 5.75 Å². The lowest BCUT2D eigenvalue weighted by molar-refractivity contribution is -0.115. The van der Waals surface area contributed by atoms with Crippen molar-refractivity contribution in [1.29, 1.82) is 0 Å². The topological polar surface area (TPSA) is 139 Å². The van der Waals surface area contributed by atoms with Crippen molar-refractivity contribution < 1.29 is 28.2 Å². The fraction of sp³-hybridized carbons (Fsp3) is 0.559. The van der Waals surface area contributed by atoms with E-state index < -0.39 is 38.9 Å². The third-order valence-corrected chi connectivity index (χ3v) is 12.8. The van der Waals surface area contributed by atoms with E-state index in [9.17, 15) is 23.4 Å². The number of aliphatic hydroxyl groups is 1. The predicted molar refractivity (Wildman–Crippen MR) is 167 cm³/mol. The average Bonchev–Trinajstić information content (AvgIpc) is 3.28. The summed E-state index contributed by atoms with van der Waals surface area (Å²) in [6.45, 7) is 2.55. The minimum atomic E-state index is -3.60. The molecule has 1 heterocycles. The minimum absolute atomic E-state index is 0.188. The van der Waals surface area contributed by atoms with E-state index in [1.54, 1.807) is 18.2 Å². The van der Waals surface area contributed by atoms with Gasteiger partial charge in [-0.25, -0.2) is 18.4 Å². The molecule has 1 aliphatic heterocycles. The van der Waals surface area contributed by atoms with Crippen LogP contribution in [0.5, 0.6) is 5.75 Å². The normalized spacial score (nSPS) is 30.4. The molecule has 1 unspecified atom stereocenters. The summed E-state index contributed by atoms with van der Waals surface area (Å²) in [5, 5.41) is 30.6. The Balaban J connectivity index is 1.31. The summed E-state index contributed by atoms with van der Waals surface area (Å²) in [7, 11) is -3.60. The van der Waals surface area contributed by atoms with Crippen LogP contribution >= 0.6 is 0 Å². The van der Waals surface area contributed by atoms with Crippen molar-refractivity contribution >= 4 is 21.7 Å². The third-order valence-electron chi connectivity index (χ3n) is 11.2. The molecule has 4 aliphatic rings. The second kappa shape index (κ2) is 11.2. The Labute approximate surface area is 254 Å². The summed E-state index contributed by atoms with van der Waals surface area (Å²) in [6.07, 6.45) is 12.1. The van der Waals surface area contributed by atoms with Gasteiger partial charge in [0, 0.05) is 12.0 Å². The molecule has 0 bridgehead atoms. The Morgan fingerprint density at radius 2 is 1.86 bits per heavy atom. The molecular formula is C34H44N2O6S. The van der Waals surface area contributed by atoms with Gasteiger partial charge in [-0.05, 0) is 92.5 Å². The van der Waals surface area contributed by atoms with E-state index in [1.807, 2.05) is 6.92 Å². The Hall–Kier alpha value is -2.88. The zero-order valence-electron chi connectivity index (χ0n) is 24.9. The van der Waals surface area contributed by atoms with Gasteiger partial charge in [-0.3, -0.25) is 0 Å². The van der Waals surface area contributed by atoms with Crippen molar-refractivity contribution in [2.45, 2.75) is 100 Å². The Bertz CT molecular complexity index is 1520. The standard InChI is InChI=1S/C34H44N2O6S/c1-32(16-7-12-28(32)43(35,40)41)15-4-5-17-33(18-8-19-33)29(37)30-34(20-6-10-23-9-2-3-11-25(23)34)22-36-26-21-24(31(38)39)13-14-27(26)42-30/h2-5,9,11,13-14,21,28-30,36-37H,6-8,10,12,15-20,22H2,1H3,(H,38,39)(H2,35,40,41)/b5-4+/t28-,29+,30+,32+,34?/m1/s1. The number of rotatable bonds is 8. The zero-order chi connectivity index (χ0) is 30.5. The highest BCUT2D eigenvalue weighted by atomic mass is 32.2. The first-order valence-electron chi connectivity index (χ1n) is 15.7. The molecule has 2 aromatic carbocycles. The molecule has 0 saturated heterocycles. The molecule has 2 aromatic rings. The monoisotopic (exact) mass is 608 g/mol. The molecule has 0 radical (unpaired) electrons. The number of nitrogens with two attached hydrogens (primary N) is 1. The molecule has 2 saturated carbocycles. The molecule has 43 heavy (non-hydrogen) atoms. The predicted octanol–water partition coefficient (Wildman–Crippen LogP) is 5.55. The van der Waals surface area contributed by atoms with Gasteiger partial charge in [-0.2, -0.15) is 0 Å². The zero-order valence-corrected chi connectivity index (χ0v) is 25.7. The van der Waals surface area contributed by atoms with E-state index in [1.165, 1.54) is 11.1 Å². The number of benzene rings is 2. The number of nitrogens with one attached hydrogen (secondary N) is 1. The molecule has 1 spiro atoms. The lowest BCUT2D eigenvalue weighted by atomic mass is 9.56. The van der Waals surface area contributed by atoms with Gasteiger partial charge in [0.2, 0.25) is 10.0 Å². The second-order valence-electron chi connectivity index (χ2n) is 13.7. The summed E-state index contributed by atoms with van der Waals surface area (Å²) < 4.78 is 31.3. The van der Waals surface area contributed by atoms with Crippen LogP contribution in [-0.2, 0) is 21.9 Å². The number of aliphatic hydroxyl groups excluding tert-OH is 1. The number of carboxylic acid groups (broad SMARTS) is 1. The highest BCUT2D eigenvalue weighted by Crippen LogP contribution is 2.54. The van der Waals surface area contributed by atoms with Gasteiger partial charge in [0.1, 0.15) is 11.9 Å². The highest BCUT2D eigenvalue weighted by molar-refractivity contribution is 7.89. The summed E-state index contributed by atoms with van der Waals surface area (Å²) in [5.41, 5.74) is 2.05. The maximum Gasteiger partial charge on any atom is 0.335 e. The Morgan fingerprint density at radius 3 is 2.58 bits per heavy atom. The SMILES string of the molecule is C[C@]1(C/C=C/CC2([C@@H](O)[C@@H]3Oc4ccc(C(=O)O)cc4NCC34CCCc3ccccc34)CCC2)CCC[C@H]1S(N)(=O)=O. The number of allylic oxidation sites excluding steroid dienone is 2. The van der Waals surface area contributed by atoms with Crippen LogP contribution in [0.15, 0.2) is 54.6 Å². The minimum Gasteiger partial charge on any atom is -0.485 e. The van der Waals surface area contributed by atoms with E-state index in [-0.39, 0.29) is 16.4 Å². The Kier molecular flexibility index (Phi) is 7.88. The average molecular weight is 609 g/mol. The van der Waals surface area contributed by atoms with Gasteiger partial charge in [0.15, 0.2) is 0 Å². The number of primary sulfonamides is 1. The van der Waals surface area contributed by atoms with Crippen LogP contribution < -0.4 is 15.2 Å². The van der Waals surface area contributed by atoms with Gasteiger partial charge in [0.25, 0.3) is 0 Å². The summed E-state index contributed by atoms with van der Waals surface area (Å²) >= 11 is 0. The molecule has 0 amide bonds. The van der Waals surface area contributed by atoms with Gasteiger partial charge in [-0.1, -0.05) is 56.2 Å². The number of anilines is 1. The van der Waals surface area contributed by atoms with Gasteiger partial charge in [0.05, 0.1) is 28.0 Å². The lowest BCUT2D eigenvalue weighted by Gasteiger charge is -2.53. The number of aromatic carboxylic acids is 1. The van der Waals surface area contributed by atoms with E-state index in [2.05, 4.69) is 41.7 Å². The number of carbonyl (C=O) groups is 1. The molecule has 8 nitrogen and oxygen atoms in total. The summed E-state index contributed by atoms with van der Waals surface area (Å²) in [5.74, 6) is -0.438. The van der Waals surface area contributed by atoms with Gasteiger partial charge >= 0.3 is 5.97 Å². The fourth-order valence-electron chi connectivity index (χ4n) is 8.54. The first-order valence-corrected chi connectivity index (χ1v) is 17.3. The number of carboxylic acids is 1. The van der Waals surface area contributed by atoms with E-state index in [0.717, 1.165) is 51.4 Å². The van der Waals surface area contributed by atoms with Crippen molar-refractivity contribution in [3.05, 3.63) is 71.3 Å². The van der Waals surface area contributed by atoms with Crippen molar-refractivity contribution in [1.82, 2.24) is 0 Å². The lowest BCUT2D eigenvalue weighted by Crippen LogP contribution is -2.60. The summed E-state index contributed by atoms with van der Waals surface area (Å²) in [4.78, 5) is 11.7. The first-order chi connectivity index (χ1) is 20.5. The van der Waals surface area contributed by atoms with Crippen LogP contribution in [0.25, 0.3) is 0 Å². The van der Waals surface area contributed by atoms with Gasteiger partial charge < -0.3 is 20.3 Å². The molecule has 3 aliphatic carbocycles. The number of ether oxygens (including phenoxy) is 1. The molecule has 9 heteroatoms. The van der Waals surface area contributed by atoms with Crippen LogP contribution in [0.4, 0.5) is 5.69 Å². The highest BCUT2D eigenvalue weighted by Gasteiger charge is 2.56. The smallest absolute Gasteiger partial charge is 0.335 e. The third kappa shape index (κ3) is 5.38. The summed E-state index contributed by atoms with van der Waals surface area (Å²) in [6, 6.07) is 13.3. The van der Waals surface area contributed by atoms with Crippen LogP contribution in [0, 0.1) is 10.8 Å². The van der Waals surface area contributed by atoms with Crippen molar-refractivity contribution in [3.63, 3.8) is 0 Å². The van der Waals surface area contributed by atoms with Crippen LogP contribution in [-0.4, -0.2) is 48.6 Å². The number of aryl methyl sites for hydroxylation is 1. The molecule has 0 aromatic heterocycles. The van der Waals surface area contributed by atoms with E-state index >= 15 is 0 Å². The molecule has 5 N–H and O–H groups in total. The van der Waals surface area contributed by atoms with Crippen LogP contribution in [0.1, 0.15) is 92.6 Å². The van der Waals surface area contributed by atoms with Crippen molar-refractivity contribution in [2.24, 2.45) is 16.0 Å². The molecule has 2 fully saturated rings. The number of hydrogen-bond acceptors (Lipinski definition) is 6.